The lowest BCUT2D eigenvalue weighted by atomic mass is 9.41. The maximum atomic E-state index is 6.70. The molecule has 0 N–H and O–H groups in total. The van der Waals surface area contributed by atoms with E-state index in [4.69, 9.17) is 13.7 Å². The van der Waals surface area contributed by atoms with Crippen LogP contribution in [-0.4, -0.2) is 20.8 Å². The molecule has 1 aliphatic heterocycles. The molecule has 0 amide bonds. The molecule has 0 aromatic heterocycles. The van der Waals surface area contributed by atoms with Crippen molar-refractivity contribution in [1.82, 2.24) is 0 Å². The summed E-state index contributed by atoms with van der Waals surface area (Å²) in [6.07, 6.45) is 10.0. The molecular formula is C24H20B3O3. The summed E-state index contributed by atoms with van der Waals surface area (Å²) in [6, 6.07) is 30.3. The lowest BCUT2D eigenvalue weighted by Crippen LogP contribution is -2.73. The molecule has 0 unspecified atom stereocenters. The van der Waals surface area contributed by atoms with Crippen molar-refractivity contribution in [1.29, 1.82) is 0 Å². The van der Waals surface area contributed by atoms with Crippen LogP contribution in [0.3, 0.4) is 0 Å². The zero-order valence-corrected chi connectivity index (χ0v) is 16.5. The van der Waals surface area contributed by atoms with E-state index in [1.165, 1.54) is 0 Å². The molecule has 0 spiro atoms. The summed E-state index contributed by atoms with van der Waals surface area (Å²) in [6.45, 7) is -1.98. The second-order valence-electron chi connectivity index (χ2n) is 7.43. The van der Waals surface area contributed by atoms with Gasteiger partial charge in [-0.1, -0.05) is 91.0 Å². The Bertz CT molecular complexity index is 974. The normalized spacial score (nSPS) is 18.9. The largest absolute Gasteiger partial charge is 0.738 e. The van der Waals surface area contributed by atoms with Gasteiger partial charge in [0.25, 0.3) is 0 Å². The van der Waals surface area contributed by atoms with Gasteiger partial charge < -0.3 is 13.7 Å². The summed E-state index contributed by atoms with van der Waals surface area (Å²) in [5.74, 6) is 0.958. The molecule has 143 valence electrons. The molecule has 3 aromatic carbocycles. The van der Waals surface area contributed by atoms with E-state index in [0.717, 1.165) is 22.2 Å². The molecule has 5 rings (SSSR count). The first-order chi connectivity index (χ1) is 14.9. The summed E-state index contributed by atoms with van der Waals surface area (Å²) < 4.78 is 19.7. The minimum Gasteiger partial charge on any atom is -0.738 e. The van der Waals surface area contributed by atoms with Gasteiger partial charge in [-0.3, -0.25) is 0 Å². The van der Waals surface area contributed by atoms with Crippen LogP contribution in [0.2, 0.25) is 0 Å². The minimum absolute atomic E-state index is 0.564. The Hall–Kier alpha value is -3.05. The number of hydrogen-bond donors (Lipinski definition) is 0. The highest BCUT2D eigenvalue weighted by Gasteiger charge is 2.44. The molecule has 2 aliphatic rings. The molecule has 0 atom stereocenters. The number of rotatable bonds is 4. The van der Waals surface area contributed by atoms with Crippen LogP contribution in [0.4, 0.5) is 0 Å². The first kappa shape index (κ1) is 19.0. The molecule has 1 fully saturated rings. The van der Waals surface area contributed by atoms with E-state index >= 15 is 0 Å². The maximum Gasteiger partial charge on any atom is 0.500 e. The van der Waals surface area contributed by atoms with Gasteiger partial charge in [0.2, 0.25) is 6.55 Å². The second-order valence-corrected chi connectivity index (χ2v) is 7.43. The van der Waals surface area contributed by atoms with Gasteiger partial charge in [0.05, 0.1) is 5.82 Å². The van der Waals surface area contributed by atoms with Crippen LogP contribution in [0.15, 0.2) is 115 Å². The van der Waals surface area contributed by atoms with Crippen molar-refractivity contribution < 1.29 is 13.7 Å². The summed E-state index contributed by atoms with van der Waals surface area (Å²) >= 11 is 0. The molecule has 6 heteroatoms. The fourth-order valence-corrected chi connectivity index (χ4v) is 4.01. The Balaban J connectivity index is 1.64. The van der Waals surface area contributed by atoms with Crippen LogP contribution in [0.5, 0.6) is 0 Å². The number of benzene rings is 3. The molecule has 1 aliphatic carbocycles. The van der Waals surface area contributed by atoms with Crippen molar-refractivity contribution in [3.8, 4) is 0 Å². The fourth-order valence-electron chi connectivity index (χ4n) is 4.01. The minimum atomic E-state index is -1.98. The first-order valence-electron chi connectivity index (χ1n) is 10.2. The van der Waals surface area contributed by atoms with Gasteiger partial charge in [-0.2, -0.15) is 10.9 Å². The van der Waals surface area contributed by atoms with Gasteiger partial charge in [-0.15, -0.1) is 5.46 Å². The smallest absolute Gasteiger partial charge is 0.500 e. The third kappa shape index (κ3) is 3.61. The predicted octanol–water partition coefficient (Wildman–Crippen LogP) is 2.63. The molecule has 3 aromatic rings. The highest BCUT2D eigenvalue weighted by Crippen LogP contribution is 2.26. The first-order valence-corrected chi connectivity index (χ1v) is 10.2. The monoisotopic (exact) mass is 389 g/mol. The van der Waals surface area contributed by atoms with E-state index in [0.29, 0.717) is 0 Å². The van der Waals surface area contributed by atoms with E-state index in [9.17, 15) is 0 Å². The third-order valence-corrected chi connectivity index (χ3v) is 5.50. The Kier molecular flexibility index (Phi) is 5.28. The van der Waals surface area contributed by atoms with Crippen LogP contribution < -0.4 is 16.4 Å². The lowest BCUT2D eigenvalue weighted by molar-refractivity contribution is 0.289. The number of allylic oxidation sites excluding steroid dienone is 4. The zero-order chi connectivity index (χ0) is 20.2. The SMILES string of the molecule is C1=C[C+]([B-]2O[B-](c3ccccc3)(c3ccccc3)O[B-](c3ccccc3)[O+]2)C=C[CH+]1. The van der Waals surface area contributed by atoms with Crippen LogP contribution in [-0.2, 0) is 13.7 Å². The van der Waals surface area contributed by atoms with Crippen molar-refractivity contribution in [3.63, 3.8) is 0 Å². The van der Waals surface area contributed by atoms with Crippen molar-refractivity contribution in [2.45, 2.75) is 0 Å². The third-order valence-electron chi connectivity index (χ3n) is 5.50. The average molecular weight is 389 g/mol. The molecule has 3 radical (unpaired) electrons. The van der Waals surface area contributed by atoms with Gasteiger partial charge in [0, 0.05) is 0 Å². The summed E-state index contributed by atoms with van der Waals surface area (Å²) in [4.78, 5) is 0. The van der Waals surface area contributed by atoms with Crippen LogP contribution in [0.1, 0.15) is 0 Å². The molecule has 3 nitrogen and oxygen atoms in total. The standard InChI is InChI=1S/C24H20B3O3/c1-5-13-21(14-6-1)25-28-26(22-15-7-2-8-16-22)30-27(29-25,23-17-9-3-10-18-23)24-19-11-4-12-20-24/h1-20H. The van der Waals surface area contributed by atoms with E-state index in [1.807, 2.05) is 97.5 Å². The van der Waals surface area contributed by atoms with Crippen molar-refractivity contribution >= 4 is 37.2 Å². The molecular weight excluding hydrogens is 369 g/mol. The lowest BCUT2D eigenvalue weighted by Gasteiger charge is -2.59. The highest BCUT2D eigenvalue weighted by molar-refractivity contribution is 7.02. The highest BCUT2D eigenvalue weighted by atomic mass is 16.7. The average Bonchev–Trinajstić information content (AvgIpc) is 2.86. The molecule has 30 heavy (non-hydrogen) atoms. The molecule has 0 saturated carbocycles. The summed E-state index contributed by atoms with van der Waals surface area (Å²) in [5, 5.41) is 0. The summed E-state index contributed by atoms with van der Waals surface area (Å²) in [7, 11) is -1.13. The van der Waals surface area contributed by atoms with E-state index < -0.39 is 20.8 Å². The fraction of sp³-hybridized carbons (Fsp3) is 0. The van der Waals surface area contributed by atoms with Crippen LogP contribution >= 0.6 is 0 Å². The Morgan fingerprint density at radius 3 is 1.80 bits per heavy atom. The van der Waals surface area contributed by atoms with Crippen molar-refractivity contribution in [2.75, 3.05) is 0 Å². The quantitative estimate of drug-likeness (QED) is 0.391. The molecule has 1 saturated heterocycles. The Morgan fingerprint density at radius 2 is 1.23 bits per heavy atom. The van der Waals surface area contributed by atoms with Gasteiger partial charge in [0.1, 0.15) is 30.7 Å². The van der Waals surface area contributed by atoms with E-state index in [1.54, 1.807) is 0 Å². The van der Waals surface area contributed by atoms with E-state index in [2.05, 4.69) is 24.3 Å². The van der Waals surface area contributed by atoms with Crippen molar-refractivity contribution in [2.24, 2.45) is 0 Å². The van der Waals surface area contributed by atoms with Gasteiger partial charge in [0.15, 0.2) is 0 Å². The Labute approximate surface area is 178 Å². The predicted molar refractivity (Wildman–Crippen MR) is 125 cm³/mol. The summed E-state index contributed by atoms with van der Waals surface area (Å²) in [5.41, 5.74) is 2.92. The second kappa shape index (κ2) is 8.37. The van der Waals surface area contributed by atoms with Gasteiger partial charge in [-0.05, 0) is 0 Å². The van der Waals surface area contributed by atoms with Crippen LogP contribution in [0.25, 0.3) is 0 Å². The van der Waals surface area contributed by atoms with E-state index in [-0.39, 0.29) is 0 Å². The van der Waals surface area contributed by atoms with Gasteiger partial charge >= 0.3 is 14.2 Å². The topological polar surface area (TPSA) is 29.8 Å². The van der Waals surface area contributed by atoms with Crippen molar-refractivity contribution in [3.05, 3.63) is 128 Å². The maximum absolute atomic E-state index is 6.70. The molecule has 1 heterocycles. The zero-order valence-electron chi connectivity index (χ0n) is 16.5. The number of hydrogen-bond acceptors (Lipinski definition) is 3. The Morgan fingerprint density at radius 1 is 0.700 bits per heavy atom. The van der Waals surface area contributed by atoms with Crippen LogP contribution in [0, 0.1) is 12.2 Å². The van der Waals surface area contributed by atoms with Gasteiger partial charge in [-0.25, -0.2) is 0 Å². The molecule has 0 bridgehead atoms.